The van der Waals surface area contributed by atoms with Gasteiger partial charge in [-0.1, -0.05) is 33.1 Å². The fourth-order valence-electron chi connectivity index (χ4n) is 2.47. The van der Waals surface area contributed by atoms with Gasteiger partial charge in [-0.15, -0.1) is 0 Å². The van der Waals surface area contributed by atoms with Crippen LogP contribution in [0, 0.1) is 0 Å². The molecule has 2 atom stereocenters. The Bertz CT molecular complexity index is 311. The molecule has 2 unspecified atom stereocenters. The van der Waals surface area contributed by atoms with E-state index in [1.807, 2.05) is 0 Å². The standard InChI is InChI=1S/C13H28N2O2S/c1-3-5-8-12(7-4-2)15-18(16,17)13-9-6-10-14-11-13/h12-15H,3-11H2,1-2H3. The summed E-state index contributed by atoms with van der Waals surface area (Å²) in [5.74, 6) is 0. The largest absolute Gasteiger partial charge is 0.315 e. The molecule has 5 heteroatoms. The summed E-state index contributed by atoms with van der Waals surface area (Å²) in [5, 5.41) is 2.93. The number of hydrogen-bond acceptors (Lipinski definition) is 3. The van der Waals surface area contributed by atoms with Crippen LogP contribution in [0.3, 0.4) is 0 Å². The number of rotatable bonds is 8. The maximum absolute atomic E-state index is 12.3. The van der Waals surface area contributed by atoms with E-state index in [1.165, 1.54) is 0 Å². The number of nitrogens with one attached hydrogen (secondary N) is 2. The maximum Gasteiger partial charge on any atom is 0.215 e. The van der Waals surface area contributed by atoms with Crippen molar-refractivity contribution >= 4 is 10.0 Å². The summed E-state index contributed by atoms with van der Waals surface area (Å²) in [7, 11) is -3.15. The predicted molar refractivity (Wildman–Crippen MR) is 76.2 cm³/mol. The Morgan fingerprint density at radius 2 is 2.06 bits per heavy atom. The first-order chi connectivity index (χ1) is 8.60. The lowest BCUT2D eigenvalue weighted by Crippen LogP contribution is -2.47. The summed E-state index contributed by atoms with van der Waals surface area (Å²) >= 11 is 0. The molecule has 0 saturated carbocycles. The molecule has 108 valence electrons. The van der Waals surface area contributed by atoms with Gasteiger partial charge in [-0.3, -0.25) is 0 Å². The molecule has 0 spiro atoms. The van der Waals surface area contributed by atoms with Crippen molar-refractivity contribution in [2.75, 3.05) is 13.1 Å². The van der Waals surface area contributed by atoms with E-state index in [2.05, 4.69) is 23.9 Å². The van der Waals surface area contributed by atoms with Gasteiger partial charge in [0.1, 0.15) is 0 Å². The second kappa shape index (κ2) is 8.12. The quantitative estimate of drug-likeness (QED) is 0.713. The smallest absolute Gasteiger partial charge is 0.215 e. The summed E-state index contributed by atoms with van der Waals surface area (Å²) in [5.41, 5.74) is 0. The van der Waals surface area contributed by atoms with Gasteiger partial charge in [0, 0.05) is 12.6 Å². The van der Waals surface area contributed by atoms with Gasteiger partial charge in [-0.05, 0) is 32.2 Å². The minimum atomic E-state index is -3.15. The lowest BCUT2D eigenvalue weighted by molar-refractivity contribution is 0.457. The van der Waals surface area contributed by atoms with Crippen LogP contribution in [0.5, 0.6) is 0 Å². The van der Waals surface area contributed by atoms with E-state index in [0.29, 0.717) is 6.54 Å². The van der Waals surface area contributed by atoms with Crippen molar-refractivity contribution in [2.24, 2.45) is 0 Å². The molecule has 0 radical (unpaired) electrons. The Morgan fingerprint density at radius 3 is 2.61 bits per heavy atom. The number of piperidine rings is 1. The Labute approximate surface area is 112 Å². The minimum Gasteiger partial charge on any atom is -0.315 e. The van der Waals surface area contributed by atoms with Crippen LogP contribution in [0.25, 0.3) is 0 Å². The summed E-state index contributed by atoms with van der Waals surface area (Å²) in [6.45, 7) is 5.79. The lowest BCUT2D eigenvalue weighted by Gasteiger charge is -2.26. The van der Waals surface area contributed by atoms with E-state index in [4.69, 9.17) is 0 Å². The lowest BCUT2D eigenvalue weighted by atomic mass is 10.1. The average Bonchev–Trinajstić information content (AvgIpc) is 2.37. The van der Waals surface area contributed by atoms with Gasteiger partial charge in [0.15, 0.2) is 0 Å². The van der Waals surface area contributed by atoms with Gasteiger partial charge < -0.3 is 5.32 Å². The highest BCUT2D eigenvalue weighted by Crippen LogP contribution is 2.14. The normalized spacial score (nSPS) is 22.9. The van der Waals surface area contributed by atoms with Crippen molar-refractivity contribution in [3.8, 4) is 0 Å². The van der Waals surface area contributed by atoms with E-state index >= 15 is 0 Å². The molecule has 1 saturated heterocycles. The average molecular weight is 276 g/mol. The zero-order chi connectivity index (χ0) is 13.4. The summed E-state index contributed by atoms with van der Waals surface area (Å²) in [6, 6.07) is 0.127. The second-order valence-electron chi connectivity index (χ2n) is 5.26. The molecule has 0 aromatic rings. The molecule has 1 fully saturated rings. The van der Waals surface area contributed by atoms with Crippen LogP contribution in [-0.2, 0) is 10.0 Å². The summed E-state index contributed by atoms with van der Waals surface area (Å²) in [4.78, 5) is 0. The highest BCUT2D eigenvalue weighted by molar-refractivity contribution is 7.90. The molecule has 1 aliphatic heterocycles. The predicted octanol–water partition coefficient (Wildman–Crippen LogP) is 2.02. The summed E-state index contributed by atoms with van der Waals surface area (Å²) in [6.07, 6.45) is 6.89. The van der Waals surface area contributed by atoms with Gasteiger partial charge in [0.25, 0.3) is 0 Å². The zero-order valence-electron chi connectivity index (χ0n) is 11.7. The number of hydrogen-bond donors (Lipinski definition) is 2. The monoisotopic (exact) mass is 276 g/mol. The first-order valence-corrected chi connectivity index (χ1v) is 8.86. The van der Waals surface area contributed by atoms with Crippen molar-refractivity contribution in [2.45, 2.75) is 70.1 Å². The van der Waals surface area contributed by atoms with Crippen LogP contribution in [0.1, 0.15) is 58.8 Å². The van der Waals surface area contributed by atoms with Crippen molar-refractivity contribution < 1.29 is 8.42 Å². The van der Waals surface area contributed by atoms with Gasteiger partial charge in [-0.25, -0.2) is 13.1 Å². The van der Waals surface area contributed by atoms with Crippen LogP contribution >= 0.6 is 0 Å². The van der Waals surface area contributed by atoms with E-state index < -0.39 is 10.0 Å². The molecule has 0 bridgehead atoms. The van der Waals surface area contributed by atoms with Crippen LogP contribution in [-0.4, -0.2) is 32.8 Å². The molecule has 0 aliphatic carbocycles. The molecule has 1 heterocycles. The van der Waals surface area contributed by atoms with E-state index in [1.54, 1.807) is 0 Å². The van der Waals surface area contributed by atoms with Gasteiger partial charge in [0.2, 0.25) is 10.0 Å². The summed E-state index contributed by atoms with van der Waals surface area (Å²) < 4.78 is 27.5. The molecule has 1 rings (SSSR count). The molecule has 0 aromatic carbocycles. The fourth-order valence-corrected chi connectivity index (χ4v) is 4.18. The van der Waals surface area contributed by atoms with E-state index in [0.717, 1.165) is 51.5 Å². The van der Waals surface area contributed by atoms with Gasteiger partial charge in [0.05, 0.1) is 5.25 Å². The van der Waals surface area contributed by atoms with Crippen molar-refractivity contribution in [3.05, 3.63) is 0 Å². The van der Waals surface area contributed by atoms with Crippen LogP contribution < -0.4 is 10.0 Å². The zero-order valence-corrected chi connectivity index (χ0v) is 12.6. The Kier molecular flexibility index (Phi) is 7.19. The molecule has 1 aliphatic rings. The topological polar surface area (TPSA) is 58.2 Å². The fraction of sp³-hybridized carbons (Fsp3) is 1.00. The Balaban J connectivity index is 2.53. The molecular formula is C13H28N2O2S. The highest BCUT2D eigenvalue weighted by Gasteiger charge is 2.28. The minimum absolute atomic E-state index is 0.127. The Hall–Kier alpha value is -0.130. The van der Waals surface area contributed by atoms with Crippen molar-refractivity contribution in [1.29, 1.82) is 0 Å². The SMILES string of the molecule is CCCCC(CCC)NS(=O)(=O)C1CCCNC1. The number of sulfonamides is 1. The third-order valence-corrected chi connectivity index (χ3v) is 5.51. The third kappa shape index (κ3) is 5.24. The van der Waals surface area contributed by atoms with Crippen LogP contribution in [0.2, 0.25) is 0 Å². The first-order valence-electron chi connectivity index (χ1n) is 7.32. The first kappa shape index (κ1) is 15.9. The Morgan fingerprint density at radius 1 is 1.28 bits per heavy atom. The van der Waals surface area contributed by atoms with Gasteiger partial charge in [-0.2, -0.15) is 0 Å². The van der Waals surface area contributed by atoms with Crippen LogP contribution in [0.15, 0.2) is 0 Å². The van der Waals surface area contributed by atoms with Crippen molar-refractivity contribution in [1.82, 2.24) is 10.0 Å². The molecule has 0 aromatic heterocycles. The second-order valence-corrected chi connectivity index (χ2v) is 7.25. The maximum atomic E-state index is 12.3. The van der Waals surface area contributed by atoms with Crippen molar-refractivity contribution in [3.63, 3.8) is 0 Å². The molecule has 0 amide bonds. The highest BCUT2D eigenvalue weighted by atomic mass is 32.2. The van der Waals surface area contributed by atoms with E-state index in [9.17, 15) is 8.42 Å². The molecular weight excluding hydrogens is 248 g/mol. The molecule has 4 nitrogen and oxygen atoms in total. The van der Waals surface area contributed by atoms with E-state index in [-0.39, 0.29) is 11.3 Å². The number of unbranched alkanes of at least 4 members (excludes halogenated alkanes) is 1. The van der Waals surface area contributed by atoms with Gasteiger partial charge >= 0.3 is 0 Å². The van der Waals surface area contributed by atoms with Crippen LogP contribution in [0.4, 0.5) is 0 Å². The molecule has 18 heavy (non-hydrogen) atoms. The molecule has 2 N–H and O–H groups in total. The third-order valence-electron chi connectivity index (χ3n) is 3.56.